The summed E-state index contributed by atoms with van der Waals surface area (Å²) in [4.78, 5) is 24.3. The summed E-state index contributed by atoms with van der Waals surface area (Å²) < 4.78 is 5.20. The zero-order valence-electron chi connectivity index (χ0n) is 13.9. The van der Waals surface area contributed by atoms with Crippen LogP contribution in [0, 0.1) is 27.4 Å². The highest BCUT2D eigenvalue weighted by Gasteiger charge is 2.24. The lowest BCUT2D eigenvalue weighted by Crippen LogP contribution is -2.36. The second kappa shape index (κ2) is 7.77. The number of rotatable bonds is 5. The van der Waals surface area contributed by atoms with Crippen molar-refractivity contribution in [1.29, 1.82) is 5.26 Å². The lowest BCUT2D eigenvalue weighted by molar-refractivity contribution is -0.385. The Hall–Kier alpha value is -2.62. The summed E-state index contributed by atoms with van der Waals surface area (Å²) >= 11 is 0. The van der Waals surface area contributed by atoms with Crippen LogP contribution in [-0.2, 0) is 9.53 Å². The Balaban J connectivity index is 2.08. The van der Waals surface area contributed by atoms with Gasteiger partial charge in [-0.15, -0.1) is 0 Å². The predicted molar refractivity (Wildman–Crippen MR) is 88.6 cm³/mol. The van der Waals surface area contributed by atoms with E-state index in [1.54, 1.807) is 12.1 Å². The van der Waals surface area contributed by atoms with Gasteiger partial charge in [0.2, 0.25) is 0 Å². The molecule has 1 atom stereocenters. The van der Waals surface area contributed by atoms with E-state index in [1.807, 2.05) is 19.9 Å². The normalized spacial score (nSPS) is 17.4. The first-order valence-corrected chi connectivity index (χ1v) is 8.03. The number of nitro benzene ring substituents is 1. The summed E-state index contributed by atoms with van der Waals surface area (Å²) in [6.45, 7) is 5.13. The lowest BCUT2D eigenvalue weighted by Gasteiger charge is -2.34. The van der Waals surface area contributed by atoms with Crippen LogP contribution in [0.25, 0.3) is 0 Å². The minimum Gasteiger partial charge on any atom is -0.463 e. The molecule has 0 spiro atoms. The van der Waals surface area contributed by atoms with E-state index in [0.29, 0.717) is 13.0 Å². The van der Waals surface area contributed by atoms with Crippen LogP contribution in [-0.4, -0.2) is 30.1 Å². The number of benzene rings is 1. The highest BCUT2D eigenvalue weighted by Crippen LogP contribution is 2.29. The molecule has 128 valence electrons. The maximum Gasteiger partial charge on any atom is 0.306 e. The molecule has 1 fully saturated rings. The van der Waals surface area contributed by atoms with Gasteiger partial charge in [0.1, 0.15) is 11.6 Å². The molecule has 0 radical (unpaired) electrons. The van der Waals surface area contributed by atoms with E-state index in [2.05, 4.69) is 4.90 Å². The van der Waals surface area contributed by atoms with Crippen LogP contribution < -0.4 is 4.90 Å². The first-order chi connectivity index (χ1) is 11.4. The van der Waals surface area contributed by atoms with Crippen molar-refractivity contribution in [3.8, 4) is 6.07 Å². The van der Waals surface area contributed by atoms with Crippen molar-refractivity contribution in [1.82, 2.24) is 0 Å². The smallest absolute Gasteiger partial charge is 0.306 e. The van der Waals surface area contributed by atoms with E-state index in [4.69, 9.17) is 10.00 Å². The molecular formula is C17H21N3O4. The fraction of sp³-hybridized carbons (Fsp3) is 0.529. The number of nitrogens with zero attached hydrogens (tertiary/aromatic N) is 3. The van der Waals surface area contributed by atoms with E-state index in [0.717, 1.165) is 25.1 Å². The topological polar surface area (TPSA) is 96.5 Å². The van der Waals surface area contributed by atoms with Gasteiger partial charge in [-0.25, -0.2) is 0 Å². The van der Waals surface area contributed by atoms with E-state index >= 15 is 0 Å². The molecule has 1 aliphatic rings. The van der Waals surface area contributed by atoms with Gasteiger partial charge in [-0.05, 0) is 44.7 Å². The SMILES string of the molecule is CC(C)OC(=O)C[C@H]1CCCN(c2ccc([N+](=O)[O-])c(C#N)c2)C1. The van der Waals surface area contributed by atoms with Gasteiger partial charge in [-0.3, -0.25) is 14.9 Å². The third-order valence-electron chi connectivity index (χ3n) is 4.00. The van der Waals surface area contributed by atoms with Crippen LogP contribution in [0.3, 0.4) is 0 Å². The summed E-state index contributed by atoms with van der Waals surface area (Å²) in [6, 6.07) is 6.45. The number of piperidine rings is 1. The Labute approximate surface area is 141 Å². The van der Waals surface area contributed by atoms with Crippen molar-refractivity contribution in [2.45, 2.75) is 39.2 Å². The molecule has 1 saturated heterocycles. The van der Waals surface area contributed by atoms with Crippen molar-refractivity contribution in [3.05, 3.63) is 33.9 Å². The fourth-order valence-corrected chi connectivity index (χ4v) is 2.98. The molecule has 1 aromatic carbocycles. The van der Waals surface area contributed by atoms with Crippen LogP contribution in [0.2, 0.25) is 0 Å². The molecule has 7 nitrogen and oxygen atoms in total. The van der Waals surface area contributed by atoms with Crippen LogP contribution in [0.15, 0.2) is 18.2 Å². The van der Waals surface area contributed by atoms with Gasteiger partial charge in [0.25, 0.3) is 5.69 Å². The molecule has 1 aromatic rings. The third kappa shape index (κ3) is 4.44. The minimum absolute atomic E-state index is 0.0545. The van der Waals surface area contributed by atoms with Crippen molar-refractivity contribution in [2.24, 2.45) is 5.92 Å². The van der Waals surface area contributed by atoms with Crippen LogP contribution in [0.5, 0.6) is 0 Å². The number of hydrogen-bond acceptors (Lipinski definition) is 6. The van der Waals surface area contributed by atoms with E-state index in [-0.39, 0.29) is 29.2 Å². The zero-order valence-corrected chi connectivity index (χ0v) is 13.9. The quantitative estimate of drug-likeness (QED) is 0.467. The van der Waals surface area contributed by atoms with Gasteiger partial charge in [0.15, 0.2) is 0 Å². The molecular weight excluding hydrogens is 310 g/mol. The minimum atomic E-state index is -0.552. The van der Waals surface area contributed by atoms with Crippen molar-refractivity contribution in [3.63, 3.8) is 0 Å². The van der Waals surface area contributed by atoms with Crippen LogP contribution >= 0.6 is 0 Å². The largest absolute Gasteiger partial charge is 0.463 e. The van der Waals surface area contributed by atoms with Crippen molar-refractivity contribution < 1.29 is 14.5 Å². The first-order valence-electron chi connectivity index (χ1n) is 8.03. The molecule has 2 rings (SSSR count). The molecule has 0 saturated carbocycles. The van der Waals surface area contributed by atoms with Crippen molar-refractivity contribution >= 4 is 17.3 Å². The Morgan fingerprint density at radius 3 is 2.92 bits per heavy atom. The first kappa shape index (κ1) is 17.7. The summed E-state index contributed by atoms with van der Waals surface area (Å²) in [7, 11) is 0. The highest BCUT2D eigenvalue weighted by molar-refractivity contribution is 5.70. The summed E-state index contributed by atoms with van der Waals surface area (Å²) in [5.41, 5.74) is 0.647. The number of ether oxygens (including phenoxy) is 1. The highest BCUT2D eigenvalue weighted by atomic mass is 16.6. The Morgan fingerprint density at radius 1 is 1.54 bits per heavy atom. The number of hydrogen-bond donors (Lipinski definition) is 0. The molecule has 7 heteroatoms. The van der Waals surface area contributed by atoms with E-state index < -0.39 is 4.92 Å². The maximum absolute atomic E-state index is 11.8. The Kier molecular flexibility index (Phi) is 5.74. The van der Waals surface area contributed by atoms with E-state index in [1.165, 1.54) is 6.07 Å². The number of nitro groups is 1. The third-order valence-corrected chi connectivity index (χ3v) is 4.00. The van der Waals surface area contributed by atoms with Crippen molar-refractivity contribution in [2.75, 3.05) is 18.0 Å². The second-order valence-corrected chi connectivity index (χ2v) is 6.27. The standard InChI is InChI=1S/C17H21N3O4/c1-12(2)24-17(21)8-13-4-3-7-19(11-13)15-5-6-16(20(22)23)14(9-15)10-18/h5-6,9,12-13H,3-4,7-8,11H2,1-2H3/t13-/m1/s1. The van der Waals surface area contributed by atoms with Crippen LogP contribution in [0.4, 0.5) is 11.4 Å². The van der Waals surface area contributed by atoms with E-state index in [9.17, 15) is 14.9 Å². The predicted octanol–water partition coefficient (Wildman–Crippen LogP) is 3.02. The Bertz CT molecular complexity index is 666. The molecule has 0 unspecified atom stereocenters. The summed E-state index contributed by atoms with van der Waals surface area (Å²) in [6.07, 6.45) is 2.12. The van der Waals surface area contributed by atoms with Gasteiger partial charge < -0.3 is 9.64 Å². The summed E-state index contributed by atoms with van der Waals surface area (Å²) in [5, 5.41) is 20.0. The molecule has 0 bridgehead atoms. The molecule has 1 heterocycles. The van der Waals surface area contributed by atoms with Gasteiger partial charge in [0.05, 0.1) is 17.4 Å². The number of esters is 1. The maximum atomic E-state index is 11.8. The average molecular weight is 331 g/mol. The number of carbonyl (C=O) groups is 1. The number of carbonyl (C=O) groups excluding carboxylic acids is 1. The molecule has 0 aliphatic carbocycles. The fourth-order valence-electron chi connectivity index (χ4n) is 2.98. The average Bonchev–Trinajstić information content (AvgIpc) is 2.53. The molecule has 0 amide bonds. The van der Waals surface area contributed by atoms with Gasteiger partial charge in [-0.2, -0.15) is 5.26 Å². The Morgan fingerprint density at radius 2 is 2.29 bits per heavy atom. The molecule has 0 N–H and O–H groups in total. The second-order valence-electron chi connectivity index (χ2n) is 6.27. The van der Waals surface area contributed by atoms with Crippen LogP contribution in [0.1, 0.15) is 38.7 Å². The number of anilines is 1. The molecule has 24 heavy (non-hydrogen) atoms. The summed E-state index contributed by atoms with van der Waals surface area (Å²) in [5.74, 6) is -0.0102. The molecule has 0 aromatic heterocycles. The van der Waals surface area contributed by atoms with Gasteiger partial charge >= 0.3 is 5.97 Å². The van der Waals surface area contributed by atoms with Gasteiger partial charge in [-0.1, -0.05) is 0 Å². The number of nitriles is 1. The monoisotopic (exact) mass is 331 g/mol. The lowest BCUT2D eigenvalue weighted by atomic mass is 9.94. The zero-order chi connectivity index (χ0) is 17.7. The van der Waals surface area contributed by atoms with Gasteiger partial charge in [0, 0.05) is 24.8 Å². The molecule has 1 aliphatic heterocycles.